The first-order valence-electron chi connectivity index (χ1n) is 4.97. The third kappa shape index (κ3) is 4.95. The highest BCUT2D eigenvalue weighted by molar-refractivity contribution is 5.03. The van der Waals surface area contributed by atoms with Gasteiger partial charge in [0.15, 0.2) is 0 Å². The van der Waals surface area contributed by atoms with Crippen molar-refractivity contribution in [3.8, 4) is 0 Å². The molecule has 0 spiro atoms. The van der Waals surface area contributed by atoms with E-state index < -0.39 is 0 Å². The molecule has 0 atom stereocenters. The summed E-state index contributed by atoms with van der Waals surface area (Å²) in [6.45, 7) is 0. The van der Waals surface area contributed by atoms with Crippen LogP contribution in [0, 0.1) is 0 Å². The minimum absolute atomic E-state index is 1.18. The number of rotatable bonds is 0. The van der Waals surface area contributed by atoms with Crippen LogP contribution in [0.3, 0.4) is 0 Å². The zero-order valence-corrected chi connectivity index (χ0v) is 7.71. The average Bonchev–Trinajstić information content (AvgIpc) is 2.05. The lowest BCUT2D eigenvalue weighted by Gasteiger charge is -1.94. The zero-order chi connectivity index (χ0) is 8.49. The minimum Gasteiger partial charge on any atom is -0.0885 e. The predicted molar refractivity (Wildman–Crippen MR) is 55.1 cm³/mol. The molecule has 0 nitrogen and oxygen atoms in total. The lowest BCUT2D eigenvalue weighted by molar-refractivity contribution is 0.760. The zero-order valence-electron chi connectivity index (χ0n) is 7.71. The molecule has 0 radical (unpaired) electrons. The van der Waals surface area contributed by atoms with Crippen molar-refractivity contribution in [2.45, 2.75) is 38.5 Å². The molecule has 0 saturated carbocycles. The summed E-state index contributed by atoms with van der Waals surface area (Å²) in [4.78, 5) is 0. The molecule has 0 aromatic carbocycles. The molecule has 0 unspecified atom stereocenters. The number of hydrogen-bond acceptors (Lipinski definition) is 0. The molecule has 1 rings (SSSR count). The van der Waals surface area contributed by atoms with Gasteiger partial charge in [0, 0.05) is 0 Å². The molecule has 0 saturated heterocycles. The maximum Gasteiger partial charge on any atom is -0.0313 e. The Labute approximate surface area is 75.7 Å². The minimum atomic E-state index is 1.18. The average molecular weight is 162 g/mol. The molecule has 0 aliphatic heterocycles. The van der Waals surface area contributed by atoms with Gasteiger partial charge in [-0.05, 0) is 38.5 Å². The van der Waals surface area contributed by atoms with E-state index in [1.807, 2.05) is 0 Å². The predicted octanol–water partition coefficient (Wildman–Crippen LogP) is 4.01. The highest BCUT2D eigenvalue weighted by Crippen LogP contribution is 2.04. The topological polar surface area (TPSA) is 0 Å². The van der Waals surface area contributed by atoms with Gasteiger partial charge < -0.3 is 0 Å². The van der Waals surface area contributed by atoms with Crippen LogP contribution in [0.15, 0.2) is 36.5 Å². The van der Waals surface area contributed by atoms with Crippen LogP contribution >= 0.6 is 0 Å². The van der Waals surface area contributed by atoms with Crippen LogP contribution in [-0.4, -0.2) is 0 Å². The van der Waals surface area contributed by atoms with Gasteiger partial charge in [0.25, 0.3) is 0 Å². The first kappa shape index (κ1) is 9.31. The number of allylic oxidation sites excluding steroid dienone is 6. The van der Waals surface area contributed by atoms with Crippen molar-refractivity contribution in [3.63, 3.8) is 0 Å². The first-order valence-corrected chi connectivity index (χ1v) is 4.97. The van der Waals surface area contributed by atoms with Crippen molar-refractivity contribution in [2.75, 3.05) is 0 Å². The summed E-state index contributed by atoms with van der Waals surface area (Å²) in [5.41, 5.74) is 0. The second-order valence-corrected chi connectivity index (χ2v) is 3.19. The fourth-order valence-electron chi connectivity index (χ4n) is 1.30. The van der Waals surface area contributed by atoms with Crippen LogP contribution in [-0.2, 0) is 0 Å². The molecule has 0 fully saturated rings. The Morgan fingerprint density at radius 3 is 1.83 bits per heavy atom. The van der Waals surface area contributed by atoms with Crippen molar-refractivity contribution in [1.82, 2.24) is 0 Å². The Kier molecular flexibility index (Phi) is 5.35. The first-order chi connectivity index (χ1) is 6.00. The number of hydrogen-bond donors (Lipinski definition) is 0. The van der Waals surface area contributed by atoms with Crippen molar-refractivity contribution in [1.29, 1.82) is 0 Å². The second-order valence-electron chi connectivity index (χ2n) is 3.19. The Hall–Kier alpha value is -0.780. The van der Waals surface area contributed by atoms with Crippen molar-refractivity contribution in [3.05, 3.63) is 36.5 Å². The fourth-order valence-corrected chi connectivity index (χ4v) is 1.30. The lowest BCUT2D eigenvalue weighted by Crippen LogP contribution is -1.74. The summed E-state index contributed by atoms with van der Waals surface area (Å²) in [7, 11) is 0. The van der Waals surface area contributed by atoms with Crippen LogP contribution in [0.4, 0.5) is 0 Å². The van der Waals surface area contributed by atoms with E-state index in [1.54, 1.807) is 0 Å². The van der Waals surface area contributed by atoms with Crippen molar-refractivity contribution in [2.24, 2.45) is 0 Å². The largest absolute Gasteiger partial charge is 0.0885 e. The lowest BCUT2D eigenvalue weighted by atomic mass is 10.1. The van der Waals surface area contributed by atoms with Crippen LogP contribution < -0.4 is 0 Å². The maximum absolute atomic E-state index is 2.32. The summed E-state index contributed by atoms with van der Waals surface area (Å²) in [5.74, 6) is 0. The molecule has 0 N–H and O–H groups in total. The molecule has 0 aromatic rings. The van der Waals surface area contributed by atoms with Crippen LogP contribution in [0.25, 0.3) is 0 Å². The van der Waals surface area contributed by atoms with Crippen LogP contribution in [0.1, 0.15) is 38.5 Å². The van der Waals surface area contributed by atoms with Gasteiger partial charge in [-0.15, -0.1) is 0 Å². The van der Waals surface area contributed by atoms with E-state index in [-0.39, 0.29) is 0 Å². The van der Waals surface area contributed by atoms with Crippen molar-refractivity contribution < 1.29 is 0 Å². The van der Waals surface area contributed by atoms with Gasteiger partial charge in [-0.3, -0.25) is 0 Å². The normalized spacial score (nSPS) is 25.3. The monoisotopic (exact) mass is 162 g/mol. The van der Waals surface area contributed by atoms with Gasteiger partial charge in [-0.2, -0.15) is 0 Å². The molecule has 0 amide bonds. The Bertz CT molecular complexity index is 172. The van der Waals surface area contributed by atoms with Gasteiger partial charge in [0.05, 0.1) is 0 Å². The molecule has 1 aliphatic carbocycles. The maximum atomic E-state index is 2.32. The van der Waals surface area contributed by atoms with E-state index in [4.69, 9.17) is 0 Å². The third-order valence-corrected chi connectivity index (χ3v) is 2.04. The Balaban J connectivity index is 2.31. The van der Waals surface area contributed by atoms with Gasteiger partial charge in [0.1, 0.15) is 0 Å². The summed E-state index contributed by atoms with van der Waals surface area (Å²) in [5, 5.41) is 0. The fraction of sp³-hybridized carbons (Fsp3) is 0.500. The molecule has 1 aliphatic rings. The van der Waals surface area contributed by atoms with Gasteiger partial charge in [0.2, 0.25) is 0 Å². The highest BCUT2D eigenvalue weighted by atomic mass is 13.9. The Morgan fingerprint density at radius 2 is 1.00 bits per heavy atom. The molecule has 0 aromatic heterocycles. The van der Waals surface area contributed by atoms with E-state index in [0.29, 0.717) is 0 Å². The van der Waals surface area contributed by atoms with E-state index >= 15 is 0 Å². The summed E-state index contributed by atoms with van der Waals surface area (Å²) in [6, 6.07) is 0. The van der Waals surface area contributed by atoms with E-state index in [9.17, 15) is 0 Å². The molecule has 66 valence electrons. The Morgan fingerprint density at radius 1 is 0.500 bits per heavy atom. The van der Waals surface area contributed by atoms with Crippen molar-refractivity contribution >= 4 is 0 Å². The molecular weight excluding hydrogens is 144 g/mol. The molecule has 0 heterocycles. The van der Waals surface area contributed by atoms with Crippen LogP contribution in [0.5, 0.6) is 0 Å². The summed E-state index contributed by atoms with van der Waals surface area (Å²) >= 11 is 0. The summed E-state index contributed by atoms with van der Waals surface area (Å²) < 4.78 is 0. The molecule has 0 bridgehead atoms. The standard InChI is InChI=1S/C12H18/c1-2-4-6-8-10-12-11-9-7-5-3-1/h1-4,9,11H,5-8,10,12H2/b3-1?,4-2-,11-9+. The van der Waals surface area contributed by atoms with Gasteiger partial charge >= 0.3 is 0 Å². The van der Waals surface area contributed by atoms with E-state index in [2.05, 4.69) is 36.5 Å². The molecule has 12 heavy (non-hydrogen) atoms. The molecule has 0 heteroatoms. The van der Waals surface area contributed by atoms with Crippen LogP contribution in [0.2, 0.25) is 0 Å². The highest BCUT2D eigenvalue weighted by Gasteiger charge is 1.84. The van der Waals surface area contributed by atoms with Gasteiger partial charge in [-0.1, -0.05) is 36.5 Å². The quantitative estimate of drug-likeness (QED) is 0.472. The summed E-state index contributed by atoms with van der Waals surface area (Å²) in [6.07, 6.45) is 21.0. The SMILES string of the molecule is C1=CCC/C=C/CCCC/C=C\1. The second kappa shape index (κ2) is 6.90. The third-order valence-electron chi connectivity index (χ3n) is 2.04. The molecular formula is C12H18. The smallest absolute Gasteiger partial charge is 0.0313 e. The van der Waals surface area contributed by atoms with E-state index in [1.165, 1.54) is 38.5 Å². The van der Waals surface area contributed by atoms with Gasteiger partial charge in [-0.25, -0.2) is 0 Å². The van der Waals surface area contributed by atoms with E-state index in [0.717, 1.165) is 0 Å².